The van der Waals surface area contributed by atoms with Gasteiger partial charge in [0.2, 0.25) is 0 Å². The summed E-state index contributed by atoms with van der Waals surface area (Å²) in [7, 11) is 0. The molecule has 1 nitrogen and oxygen atoms in total. The summed E-state index contributed by atoms with van der Waals surface area (Å²) < 4.78 is 0. The average molecular weight is 215 g/mol. The Labute approximate surface area is 113 Å². The van der Waals surface area contributed by atoms with Crippen molar-refractivity contribution in [2.24, 2.45) is 0 Å². The second-order valence-electron chi connectivity index (χ2n) is 4.32. The molecule has 0 heterocycles. The molecule has 0 spiro atoms. The van der Waals surface area contributed by atoms with Crippen LogP contribution in [-0.2, 0) is 6.42 Å². The SMILES string of the molecule is CC(C)NC(C)C.CCc1ccccc1.[LiH]. The molecule has 1 rings (SSSR count). The molecule has 0 aliphatic heterocycles. The predicted molar refractivity (Wildman–Crippen MR) is 76.4 cm³/mol. The second-order valence-corrected chi connectivity index (χ2v) is 4.32. The fourth-order valence-electron chi connectivity index (χ4n) is 1.38. The Balaban J connectivity index is 0. The van der Waals surface area contributed by atoms with E-state index in [0.717, 1.165) is 6.42 Å². The predicted octanol–water partition coefficient (Wildman–Crippen LogP) is 2.99. The zero-order valence-electron chi connectivity index (χ0n) is 10.7. The molecule has 16 heavy (non-hydrogen) atoms. The van der Waals surface area contributed by atoms with Gasteiger partial charge in [-0.25, -0.2) is 0 Å². The normalized spacial score (nSPS) is 9.44. The molecule has 0 bridgehead atoms. The summed E-state index contributed by atoms with van der Waals surface area (Å²) in [5, 5.41) is 3.31. The molecule has 0 aromatic heterocycles. The van der Waals surface area contributed by atoms with Gasteiger partial charge in [0.05, 0.1) is 0 Å². The van der Waals surface area contributed by atoms with Crippen molar-refractivity contribution < 1.29 is 0 Å². The first kappa shape index (κ1) is 18.2. The van der Waals surface area contributed by atoms with E-state index in [4.69, 9.17) is 0 Å². The Bertz CT molecular complexity index is 226. The minimum atomic E-state index is 0. The van der Waals surface area contributed by atoms with Crippen molar-refractivity contribution >= 4 is 18.9 Å². The maximum absolute atomic E-state index is 3.31. The first-order valence-electron chi connectivity index (χ1n) is 5.86. The molecule has 0 radical (unpaired) electrons. The van der Waals surface area contributed by atoms with Gasteiger partial charge in [-0.05, 0) is 12.0 Å². The molecule has 1 aromatic carbocycles. The van der Waals surface area contributed by atoms with Crippen molar-refractivity contribution in [3.8, 4) is 0 Å². The molecule has 0 aliphatic carbocycles. The van der Waals surface area contributed by atoms with E-state index in [0.29, 0.717) is 12.1 Å². The van der Waals surface area contributed by atoms with Gasteiger partial charge in [0, 0.05) is 12.1 Å². The zero-order chi connectivity index (χ0) is 11.7. The topological polar surface area (TPSA) is 12.0 Å². The Morgan fingerprint density at radius 1 is 0.938 bits per heavy atom. The average Bonchev–Trinajstić information content (AvgIpc) is 2.18. The van der Waals surface area contributed by atoms with Crippen LogP contribution in [0.2, 0.25) is 0 Å². The van der Waals surface area contributed by atoms with Gasteiger partial charge < -0.3 is 5.32 Å². The Morgan fingerprint density at radius 2 is 1.38 bits per heavy atom. The van der Waals surface area contributed by atoms with Crippen LogP contribution < -0.4 is 5.32 Å². The summed E-state index contributed by atoms with van der Waals surface area (Å²) in [6.45, 7) is 10.8. The van der Waals surface area contributed by atoms with Crippen LogP contribution >= 0.6 is 0 Å². The van der Waals surface area contributed by atoms with Crippen LogP contribution in [0.15, 0.2) is 30.3 Å². The number of hydrogen-bond acceptors (Lipinski definition) is 1. The molecule has 2 heteroatoms. The van der Waals surface area contributed by atoms with Gasteiger partial charge in [0.25, 0.3) is 0 Å². The third-order valence-corrected chi connectivity index (χ3v) is 1.92. The van der Waals surface area contributed by atoms with Crippen LogP contribution in [0, 0.1) is 0 Å². The summed E-state index contributed by atoms with van der Waals surface area (Å²) >= 11 is 0. The van der Waals surface area contributed by atoms with Crippen molar-refractivity contribution in [3.63, 3.8) is 0 Å². The van der Waals surface area contributed by atoms with Gasteiger partial charge in [-0.1, -0.05) is 65.0 Å². The third kappa shape index (κ3) is 11.8. The van der Waals surface area contributed by atoms with Gasteiger partial charge in [0.15, 0.2) is 0 Å². The number of benzene rings is 1. The molecule has 0 aliphatic rings. The Morgan fingerprint density at radius 3 is 1.56 bits per heavy atom. The van der Waals surface area contributed by atoms with Crippen molar-refractivity contribution in [1.82, 2.24) is 5.32 Å². The standard InChI is InChI=1S/C8H10.C6H15N.Li.H/c1-2-8-6-4-3-5-7-8;1-5(2)7-6(3)4;;/h3-7H,2H2,1H3;5-7H,1-4H3;;. The first-order valence-corrected chi connectivity index (χ1v) is 5.86. The molecule has 0 amide bonds. The van der Waals surface area contributed by atoms with Gasteiger partial charge in [0.1, 0.15) is 0 Å². The zero-order valence-corrected chi connectivity index (χ0v) is 10.7. The van der Waals surface area contributed by atoms with Crippen LogP contribution in [0.3, 0.4) is 0 Å². The molecule has 1 N–H and O–H groups in total. The summed E-state index contributed by atoms with van der Waals surface area (Å²) in [4.78, 5) is 0. The molecule has 0 fully saturated rings. The van der Waals surface area contributed by atoms with E-state index < -0.39 is 0 Å². The van der Waals surface area contributed by atoms with E-state index in [1.54, 1.807) is 0 Å². The van der Waals surface area contributed by atoms with Crippen LogP contribution in [0.4, 0.5) is 0 Å². The summed E-state index contributed by atoms with van der Waals surface area (Å²) in [5.74, 6) is 0. The first-order chi connectivity index (χ1) is 7.06. The van der Waals surface area contributed by atoms with Crippen molar-refractivity contribution in [2.75, 3.05) is 0 Å². The van der Waals surface area contributed by atoms with Crippen LogP contribution in [0.1, 0.15) is 40.2 Å². The van der Waals surface area contributed by atoms with Gasteiger partial charge in [-0.2, -0.15) is 0 Å². The molecular weight excluding hydrogens is 189 g/mol. The Hall–Kier alpha value is -0.223. The van der Waals surface area contributed by atoms with E-state index in [-0.39, 0.29) is 18.9 Å². The number of aryl methyl sites for hydroxylation is 1. The summed E-state index contributed by atoms with van der Waals surface area (Å²) in [5.41, 5.74) is 1.41. The molecular formula is C14H26LiN. The van der Waals surface area contributed by atoms with E-state index >= 15 is 0 Å². The minimum absolute atomic E-state index is 0. The van der Waals surface area contributed by atoms with E-state index in [9.17, 15) is 0 Å². The van der Waals surface area contributed by atoms with Gasteiger partial charge >= 0.3 is 18.9 Å². The molecule has 1 aromatic rings. The molecule has 0 saturated heterocycles. The summed E-state index contributed by atoms with van der Waals surface area (Å²) in [6.07, 6.45) is 1.14. The molecule has 0 saturated carbocycles. The Kier molecular flexibility index (Phi) is 12.8. The van der Waals surface area contributed by atoms with Crippen molar-refractivity contribution in [3.05, 3.63) is 35.9 Å². The number of nitrogens with one attached hydrogen (secondary N) is 1. The monoisotopic (exact) mass is 215 g/mol. The van der Waals surface area contributed by atoms with Crippen LogP contribution in [0.25, 0.3) is 0 Å². The van der Waals surface area contributed by atoms with E-state index in [1.807, 2.05) is 6.07 Å². The third-order valence-electron chi connectivity index (χ3n) is 1.92. The second kappa shape index (κ2) is 11.3. The van der Waals surface area contributed by atoms with Crippen LogP contribution in [0.5, 0.6) is 0 Å². The molecule has 88 valence electrons. The van der Waals surface area contributed by atoms with E-state index in [1.165, 1.54) is 5.56 Å². The van der Waals surface area contributed by atoms with Crippen molar-refractivity contribution in [1.29, 1.82) is 0 Å². The number of rotatable bonds is 3. The molecule has 0 atom stereocenters. The van der Waals surface area contributed by atoms with E-state index in [2.05, 4.69) is 64.2 Å². The van der Waals surface area contributed by atoms with Gasteiger partial charge in [-0.15, -0.1) is 0 Å². The van der Waals surface area contributed by atoms with Crippen molar-refractivity contribution in [2.45, 2.75) is 53.1 Å². The number of hydrogen-bond donors (Lipinski definition) is 1. The fourth-order valence-corrected chi connectivity index (χ4v) is 1.38. The summed E-state index contributed by atoms with van der Waals surface area (Å²) in [6, 6.07) is 11.7. The quantitative estimate of drug-likeness (QED) is 0.764. The fraction of sp³-hybridized carbons (Fsp3) is 0.571. The maximum atomic E-state index is 3.31. The molecule has 0 unspecified atom stereocenters. The van der Waals surface area contributed by atoms with Gasteiger partial charge in [-0.3, -0.25) is 0 Å². The van der Waals surface area contributed by atoms with Crippen LogP contribution in [-0.4, -0.2) is 30.9 Å².